The second-order valence-corrected chi connectivity index (χ2v) is 8.43. The molecule has 0 saturated carbocycles. The molecule has 4 N–H and O–H groups in total. The van der Waals surface area contributed by atoms with Crippen molar-refractivity contribution < 1.29 is 9.18 Å². The Kier molecular flexibility index (Phi) is 6.35. The Hall–Kier alpha value is -3.97. The van der Waals surface area contributed by atoms with Crippen molar-refractivity contribution in [3.05, 3.63) is 90.4 Å². The monoisotopic (exact) mass is 455 g/mol. The van der Waals surface area contributed by atoms with E-state index in [1.165, 1.54) is 12.1 Å². The minimum absolute atomic E-state index is 0.201. The molecule has 1 aliphatic rings. The van der Waals surface area contributed by atoms with Crippen molar-refractivity contribution in [1.82, 2.24) is 10.3 Å². The number of piperidine rings is 1. The molecule has 4 aromatic rings. The van der Waals surface area contributed by atoms with Gasteiger partial charge in [-0.3, -0.25) is 9.78 Å². The third kappa shape index (κ3) is 5.15. The fourth-order valence-electron chi connectivity index (χ4n) is 4.21. The van der Waals surface area contributed by atoms with E-state index in [1.54, 1.807) is 30.5 Å². The number of rotatable bonds is 6. The maximum atomic E-state index is 13.8. The second-order valence-electron chi connectivity index (χ2n) is 8.43. The van der Waals surface area contributed by atoms with Crippen molar-refractivity contribution in [2.45, 2.75) is 18.9 Å². The minimum Gasteiger partial charge on any atom is -0.382 e. The molecule has 1 fully saturated rings. The first-order chi connectivity index (χ1) is 16.6. The van der Waals surface area contributed by atoms with Crippen molar-refractivity contribution in [3.63, 3.8) is 0 Å². The molecule has 1 aliphatic heterocycles. The molecule has 0 bridgehead atoms. The number of carbonyl (C=O) groups excluding carboxylic acids is 1. The average Bonchev–Trinajstić information content (AvgIpc) is 2.85. The summed E-state index contributed by atoms with van der Waals surface area (Å²) in [5, 5.41) is 13.9. The summed E-state index contributed by atoms with van der Waals surface area (Å²) in [5.41, 5.74) is 4.39. The van der Waals surface area contributed by atoms with Crippen molar-refractivity contribution in [1.29, 1.82) is 0 Å². The van der Waals surface area contributed by atoms with Gasteiger partial charge >= 0.3 is 0 Å². The molecule has 7 heteroatoms. The molecule has 0 spiro atoms. The molecule has 0 unspecified atom stereocenters. The molecular weight excluding hydrogens is 429 g/mol. The summed E-state index contributed by atoms with van der Waals surface area (Å²) < 4.78 is 13.8. The molecular formula is C27H26FN5O. The van der Waals surface area contributed by atoms with Crippen LogP contribution >= 0.6 is 0 Å². The number of aromatic nitrogens is 1. The Morgan fingerprint density at radius 2 is 1.71 bits per heavy atom. The Labute approximate surface area is 197 Å². The van der Waals surface area contributed by atoms with Crippen LogP contribution in [0.15, 0.2) is 79.0 Å². The number of anilines is 4. The van der Waals surface area contributed by atoms with E-state index < -0.39 is 0 Å². The lowest BCUT2D eigenvalue weighted by atomic mass is 10.1. The number of benzene rings is 3. The van der Waals surface area contributed by atoms with Crippen LogP contribution in [0.2, 0.25) is 0 Å². The zero-order valence-electron chi connectivity index (χ0n) is 18.6. The number of nitrogens with one attached hydrogen (secondary N) is 4. The molecule has 5 rings (SSSR count). The Bertz CT molecular complexity index is 1320. The molecule has 1 amide bonds. The van der Waals surface area contributed by atoms with Gasteiger partial charge in [0.2, 0.25) is 0 Å². The SMILES string of the molecule is O=C(Nc1cccc(NC2CCNCC2)c1)c1cccc(Nc2ccnc3ccc(F)cc23)c1. The highest BCUT2D eigenvalue weighted by Crippen LogP contribution is 2.26. The number of fused-ring (bicyclic) bond motifs is 1. The summed E-state index contributed by atoms with van der Waals surface area (Å²) in [7, 11) is 0. The normalized spacial score (nSPS) is 14.0. The Balaban J connectivity index is 1.30. The van der Waals surface area contributed by atoms with Gasteiger partial charge < -0.3 is 21.3 Å². The standard InChI is InChI=1S/C27H26FN5O/c28-19-7-8-25-24(16-19)26(11-14-30-25)32-21-4-1-3-18(15-21)27(34)33-23-6-2-5-22(17-23)31-20-9-12-29-13-10-20/h1-8,11,14-17,20,29,31H,9-10,12-13H2,(H,30,32)(H,33,34). The van der Waals surface area contributed by atoms with Gasteiger partial charge in [0, 0.05) is 45.9 Å². The number of carbonyl (C=O) groups is 1. The first-order valence-corrected chi connectivity index (χ1v) is 11.4. The van der Waals surface area contributed by atoms with Crippen LogP contribution in [-0.2, 0) is 0 Å². The lowest BCUT2D eigenvalue weighted by Gasteiger charge is -2.24. The average molecular weight is 456 g/mol. The van der Waals surface area contributed by atoms with E-state index in [4.69, 9.17) is 0 Å². The van der Waals surface area contributed by atoms with Crippen LogP contribution < -0.4 is 21.3 Å². The van der Waals surface area contributed by atoms with Crippen molar-refractivity contribution >= 4 is 39.6 Å². The van der Waals surface area contributed by atoms with Crippen LogP contribution in [0.3, 0.4) is 0 Å². The van der Waals surface area contributed by atoms with Crippen LogP contribution in [0.1, 0.15) is 23.2 Å². The molecule has 1 aromatic heterocycles. The van der Waals surface area contributed by atoms with Gasteiger partial charge in [-0.25, -0.2) is 4.39 Å². The summed E-state index contributed by atoms with van der Waals surface area (Å²) in [4.78, 5) is 17.2. The lowest BCUT2D eigenvalue weighted by Crippen LogP contribution is -2.35. The van der Waals surface area contributed by atoms with Crippen LogP contribution in [0, 0.1) is 5.82 Å². The lowest BCUT2D eigenvalue weighted by molar-refractivity contribution is 0.102. The first-order valence-electron chi connectivity index (χ1n) is 11.4. The Morgan fingerprint density at radius 3 is 2.59 bits per heavy atom. The molecule has 2 heterocycles. The number of pyridine rings is 1. The van der Waals surface area contributed by atoms with E-state index in [0.717, 1.165) is 48.7 Å². The molecule has 0 aliphatic carbocycles. The third-order valence-electron chi connectivity index (χ3n) is 5.94. The van der Waals surface area contributed by atoms with Gasteiger partial charge in [-0.2, -0.15) is 0 Å². The van der Waals surface area contributed by atoms with Gasteiger partial charge in [-0.05, 0) is 86.6 Å². The highest BCUT2D eigenvalue weighted by atomic mass is 19.1. The van der Waals surface area contributed by atoms with Crippen LogP contribution in [0.5, 0.6) is 0 Å². The maximum absolute atomic E-state index is 13.8. The molecule has 172 valence electrons. The van der Waals surface area contributed by atoms with Gasteiger partial charge in [0.25, 0.3) is 5.91 Å². The van der Waals surface area contributed by atoms with E-state index in [9.17, 15) is 9.18 Å². The van der Waals surface area contributed by atoms with Crippen molar-refractivity contribution in [2.24, 2.45) is 0 Å². The fraction of sp³-hybridized carbons (Fsp3) is 0.185. The van der Waals surface area contributed by atoms with Gasteiger partial charge in [0.15, 0.2) is 0 Å². The van der Waals surface area contributed by atoms with E-state index in [-0.39, 0.29) is 11.7 Å². The van der Waals surface area contributed by atoms with Gasteiger partial charge in [0.1, 0.15) is 5.82 Å². The molecule has 6 nitrogen and oxygen atoms in total. The minimum atomic E-state index is -0.325. The molecule has 3 aromatic carbocycles. The smallest absolute Gasteiger partial charge is 0.255 e. The second kappa shape index (κ2) is 9.89. The van der Waals surface area contributed by atoms with Crippen molar-refractivity contribution in [3.8, 4) is 0 Å². The summed E-state index contributed by atoms with van der Waals surface area (Å²) in [6.07, 6.45) is 3.83. The number of hydrogen-bond acceptors (Lipinski definition) is 5. The summed E-state index contributed by atoms with van der Waals surface area (Å²) in [6.45, 7) is 2.03. The molecule has 0 atom stereocenters. The van der Waals surface area contributed by atoms with Crippen LogP contribution in [0.4, 0.5) is 27.1 Å². The highest BCUT2D eigenvalue weighted by Gasteiger charge is 2.13. The number of hydrogen-bond donors (Lipinski definition) is 4. The van der Waals surface area contributed by atoms with Crippen LogP contribution in [0.25, 0.3) is 10.9 Å². The maximum Gasteiger partial charge on any atom is 0.255 e. The van der Waals surface area contributed by atoms with Gasteiger partial charge in [-0.15, -0.1) is 0 Å². The molecule has 1 saturated heterocycles. The third-order valence-corrected chi connectivity index (χ3v) is 5.94. The largest absolute Gasteiger partial charge is 0.382 e. The number of halogens is 1. The van der Waals surface area contributed by atoms with E-state index in [2.05, 4.69) is 26.3 Å². The fourth-order valence-corrected chi connectivity index (χ4v) is 4.21. The summed E-state index contributed by atoms with van der Waals surface area (Å²) in [6, 6.07) is 21.7. The Morgan fingerprint density at radius 1 is 0.912 bits per heavy atom. The number of nitrogens with zero attached hydrogens (tertiary/aromatic N) is 1. The zero-order valence-corrected chi connectivity index (χ0v) is 18.6. The summed E-state index contributed by atoms with van der Waals surface area (Å²) >= 11 is 0. The summed E-state index contributed by atoms with van der Waals surface area (Å²) in [5.74, 6) is -0.526. The zero-order chi connectivity index (χ0) is 23.3. The predicted octanol–water partition coefficient (Wildman–Crippen LogP) is 5.53. The van der Waals surface area contributed by atoms with Crippen molar-refractivity contribution in [2.75, 3.05) is 29.0 Å². The van der Waals surface area contributed by atoms with Gasteiger partial charge in [-0.1, -0.05) is 12.1 Å². The highest BCUT2D eigenvalue weighted by molar-refractivity contribution is 6.05. The van der Waals surface area contributed by atoms with E-state index >= 15 is 0 Å². The van der Waals surface area contributed by atoms with E-state index in [1.807, 2.05) is 36.4 Å². The molecule has 0 radical (unpaired) electrons. The van der Waals surface area contributed by atoms with E-state index in [0.29, 0.717) is 22.5 Å². The first kappa shape index (κ1) is 21.9. The predicted molar refractivity (Wildman–Crippen MR) is 135 cm³/mol. The topological polar surface area (TPSA) is 78.1 Å². The van der Waals surface area contributed by atoms with Gasteiger partial charge in [0.05, 0.1) is 5.52 Å². The number of amides is 1. The molecule has 34 heavy (non-hydrogen) atoms. The quantitative estimate of drug-likeness (QED) is 0.307. The van der Waals surface area contributed by atoms with Crippen LogP contribution in [-0.4, -0.2) is 30.0 Å².